The predicted octanol–water partition coefficient (Wildman–Crippen LogP) is 2.56. The van der Waals surface area contributed by atoms with Crippen molar-refractivity contribution in [1.29, 1.82) is 0 Å². The van der Waals surface area contributed by atoms with Crippen molar-refractivity contribution in [2.24, 2.45) is 0 Å². The number of nitrogens with one attached hydrogen (secondary N) is 1. The number of nitrogens with zero attached hydrogens (tertiary/aromatic N) is 4. The molecule has 3 aromatic rings. The number of thioether (sulfide) groups is 1. The van der Waals surface area contributed by atoms with Crippen LogP contribution in [0.25, 0.3) is 0 Å². The van der Waals surface area contributed by atoms with Crippen molar-refractivity contribution in [2.75, 3.05) is 25.2 Å². The smallest absolute Gasteiger partial charge is 0.242 e. The first-order valence-corrected chi connectivity index (χ1v) is 12.0. The number of hydrogen-bond donors (Lipinski definition) is 1. The van der Waals surface area contributed by atoms with E-state index in [-0.39, 0.29) is 16.6 Å². The number of amides is 1. The highest BCUT2D eigenvalue weighted by atomic mass is 32.2. The molecule has 0 atom stereocenters. The fourth-order valence-electron chi connectivity index (χ4n) is 2.47. The minimum atomic E-state index is -3.56. The number of anilines is 1. The van der Waals surface area contributed by atoms with Gasteiger partial charge in [-0.1, -0.05) is 23.9 Å². The minimum Gasteiger partial charge on any atom is -0.325 e. The number of benzene rings is 1. The second kappa shape index (κ2) is 9.53. The number of aryl methyl sites for hydroxylation is 2. The van der Waals surface area contributed by atoms with E-state index in [0.29, 0.717) is 10.8 Å². The van der Waals surface area contributed by atoms with Crippen LogP contribution in [-0.4, -0.2) is 53.2 Å². The topological polar surface area (TPSA) is 97.2 Å². The third kappa shape index (κ3) is 5.66. The van der Waals surface area contributed by atoms with Gasteiger partial charge in [0.05, 0.1) is 10.6 Å². The zero-order valence-corrected chi connectivity index (χ0v) is 18.4. The molecule has 29 heavy (non-hydrogen) atoms. The summed E-state index contributed by atoms with van der Waals surface area (Å²) in [5.41, 5.74) is 0.428. The van der Waals surface area contributed by atoms with Crippen LogP contribution in [0.3, 0.4) is 0 Å². The van der Waals surface area contributed by atoms with E-state index in [0.717, 1.165) is 17.3 Å². The number of carbonyl (C=O) groups excluding carboxylic acids is 1. The summed E-state index contributed by atoms with van der Waals surface area (Å²) in [6.45, 7) is 0.738. The third-order valence-electron chi connectivity index (χ3n) is 3.99. The first-order valence-electron chi connectivity index (χ1n) is 8.71. The van der Waals surface area contributed by atoms with E-state index in [4.69, 9.17) is 0 Å². The molecule has 1 amide bonds. The maximum absolute atomic E-state index is 12.3. The van der Waals surface area contributed by atoms with Crippen molar-refractivity contribution < 1.29 is 13.2 Å². The van der Waals surface area contributed by atoms with E-state index in [1.807, 2.05) is 16.0 Å². The Labute approximate surface area is 178 Å². The predicted molar refractivity (Wildman–Crippen MR) is 115 cm³/mol. The van der Waals surface area contributed by atoms with E-state index in [9.17, 15) is 13.2 Å². The van der Waals surface area contributed by atoms with Gasteiger partial charge in [-0.15, -0.1) is 21.5 Å². The molecule has 1 aromatic carbocycles. The molecule has 11 heteroatoms. The lowest BCUT2D eigenvalue weighted by Gasteiger charge is -2.12. The molecule has 0 saturated carbocycles. The van der Waals surface area contributed by atoms with Gasteiger partial charge < -0.3 is 9.88 Å². The fraction of sp³-hybridized carbons (Fsp3) is 0.278. The maximum Gasteiger partial charge on any atom is 0.242 e. The van der Waals surface area contributed by atoms with Crippen LogP contribution >= 0.6 is 23.1 Å². The van der Waals surface area contributed by atoms with Gasteiger partial charge in [-0.05, 0) is 36.1 Å². The molecule has 0 bridgehead atoms. The molecule has 3 rings (SSSR count). The Hall–Kier alpha value is -2.21. The van der Waals surface area contributed by atoms with Gasteiger partial charge in [0.25, 0.3) is 0 Å². The van der Waals surface area contributed by atoms with Gasteiger partial charge >= 0.3 is 0 Å². The van der Waals surface area contributed by atoms with Crippen molar-refractivity contribution in [1.82, 2.24) is 19.1 Å². The lowest BCUT2D eigenvalue weighted by atomic mass is 10.3. The van der Waals surface area contributed by atoms with Crippen LogP contribution in [-0.2, 0) is 27.8 Å². The number of carbonyl (C=O) groups is 1. The minimum absolute atomic E-state index is 0.126. The summed E-state index contributed by atoms with van der Waals surface area (Å²) in [4.78, 5) is 13.7. The monoisotopic (exact) mass is 451 g/mol. The van der Waals surface area contributed by atoms with Crippen LogP contribution in [0.2, 0.25) is 0 Å². The van der Waals surface area contributed by atoms with Gasteiger partial charge in [0.2, 0.25) is 15.9 Å². The lowest BCUT2D eigenvalue weighted by molar-refractivity contribution is -0.113. The zero-order chi connectivity index (χ0) is 20.9. The normalized spacial score (nSPS) is 11.7. The van der Waals surface area contributed by atoms with Crippen LogP contribution in [0.4, 0.5) is 5.69 Å². The van der Waals surface area contributed by atoms with E-state index in [1.54, 1.807) is 29.8 Å². The van der Waals surface area contributed by atoms with Crippen LogP contribution in [0.5, 0.6) is 0 Å². The standard InChI is InChI=1S/C18H21N5O3S3/c1-22(2)29(25,26)16-7-3-5-14(11-16)20-17(24)12-28-18-21-19-13-23(18)9-8-15-6-4-10-27-15/h3-7,10-11,13H,8-9,12H2,1-2H3,(H,20,24). The molecule has 0 fully saturated rings. The Morgan fingerprint density at radius 1 is 1.28 bits per heavy atom. The maximum atomic E-state index is 12.3. The molecule has 0 radical (unpaired) electrons. The largest absolute Gasteiger partial charge is 0.325 e. The molecule has 0 saturated heterocycles. The molecular formula is C18H21N5O3S3. The van der Waals surface area contributed by atoms with E-state index < -0.39 is 10.0 Å². The Bertz CT molecular complexity index is 1060. The van der Waals surface area contributed by atoms with Crippen molar-refractivity contribution >= 4 is 44.7 Å². The second-order valence-corrected chi connectivity index (χ2v) is 10.4. The number of hydrogen-bond acceptors (Lipinski definition) is 7. The SMILES string of the molecule is CN(C)S(=O)(=O)c1cccc(NC(=O)CSc2nncn2CCc2cccs2)c1. The molecule has 0 spiro atoms. The summed E-state index contributed by atoms with van der Waals surface area (Å²) in [6, 6.07) is 10.3. The lowest BCUT2D eigenvalue weighted by Crippen LogP contribution is -2.22. The van der Waals surface area contributed by atoms with Gasteiger partial charge in [-0.2, -0.15) is 0 Å². The molecule has 2 aromatic heterocycles. The van der Waals surface area contributed by atoms with E-state index in [2.05, 4.69) is 21.6 Å². The summed E-state index contributed by atoms with van der Waals surface area (Å²) >= 11 is 2.99. The van der Waals surface area contributed by atoms with Crippen LogP contribution < -0.4 is 5.32 Å². The van der Waals surface area contributed by atoms with Gasteiger partial charge in [0.1, 0.15) is 6.33 Å². The number of rotatable bonds is 9. The van der Waals surface area contributed by atoms with Crippen molar-refractivity contribution in [2.45, 2.75) is 23.0 Å². The first-order chi connectivity index (χ1) is 13.9. The molecule has 0 unspecified atom stereocenters. The Balaban J connectivity index is 1.57. The van der Waals surface area contributed by atoms with Gasteiger partial charge in [0, 0.05) is 31.2 Å². The average molecular weight is 452 g/mol. The van der Waals surface area contributed by atoms with Crippen molar-refractivity contribution in [3.63, 3.8) is 0 Å². The summed E-state index contributed by atoms with van der Waals surface area (Å²) in [5.74, 6) is -0.107. The molecule has 2 heterocycles. The highest BCUT2D eigenvalue weighted by Gasteiger charge is 2.18. The van der Waals surface area contributed by atoms with Crippen LogP contribution in [0.1, 0.15) is 4.88 Å². The highest BCUT2D eigenvalue weighted by molar-refractivity contribution is 7.99. The van der Waals surface area contributed by atoms with Gasteiger partial charge in [-0.3, -0.25) is 4.79 Å². The molecule has 8 nitrogen and oxygen atoms in total. The zero-order valence-electron chi connectivity index (χ0n) is 16.0. The van der Waals surface area contributed by atoms with Crippen LogP contribution in [0, 0.1) is 0 Å². The summed E-state index contributed by atoms with van der Waals surface area (Å²) < 4.78 is 27.5. The second-order valence-electron chi connectivity index (χ2n) is 6.29. The number of sulfonamides is 1. The van der Waals surface area contributed by atoms with E-state index >= 15 is 0 Å². The van der Waals surface area contributed by atoms with Gasteiger partial charge in [-0.25, -0.2) is 12.7 Å². The first kappa shape index (κ1) is 21.5. The summed E-state index contributed by atoms with van der Waals surface area (Å²) in [6.07, 6.45) is 2.53. The van der Waals surface area contributed by atoms with Gasteiger partial charge in [0.15, 0.2) is 5.16 Å². The summed E-state index contributed by atoms with van der Waals surface area (Å²) in [7, 11) is -0.629. The molecule has 0 aliphatic carbocycles. The van der Waals surface area contributed by atoms with E-state index in [1.165, 1.54) is 42.9 Å². The Morgan fingerprint density at radius 2 is 2.10 bits per heavy atom. The summed E-state index contributed by atoms with van der Waals surface area (Å²) in [5, 5.41) is 13.4. The average Bonchev–Trinajstić information content (AvgIpc) is 3.36. The fourth-order valence-corrected chi connectivity index (χ4v) is 4.86. The Kier molecular flexibility index (Phi) is 7.06. The highest BCUT2D eigenvalue weighted by Crippen LogP contribution is 2.20. The number of aromatic nitrogens is 3. The number of thiophene rings is 1. The quantitative estimate of drug-likeness (QED) is 0.502. The molecular weight excluding hydrogens is 430 g/mol. The Morgan fingerprint density at radius 3 is 2.83 bits per heavy atom. The van der Waals surface area contributed by atoms with Crippen LogP contribution in [0.15, 0.2) is 58.2 Å². The van der Waals surface area contributed by atoms with Crippen molar-refractivity contribution in [3.05, 3.63) is 53.0 Å². The third-order valence-corrected chi connectivity index (χ3v) is 7.72. The molecule has 0 aliphatic rings. The molecule has 0 aliphatic heterocycles. The van der Waals surface area contributed by atoms with Crippen molar-refractivity contribution in [3.8, 4) is 0 Å². The molecule has 1 N–H and O–H groups in total. The molecule has 154 valence electrons.